The van der Waals surface area contributed by atoms with Crippen LogP contribution in [0, 0.1) is 5.92 Å². The Balaban J connectivity index is 2.50. The summed E-state index contributed by atoms with van der Waals surface area (Å²) in [5, 5.41) is 3.30. The molecule has 0 bridgehead atoms. The second kappa shape index (κ2) is 4.30. The molecule has 1 aliphatic heterocycles. The fourth-order valence-electron chi connectivity index (χ4n) is 1.74. The molecular weight excluding hydrogens is 178 g/mol. The first-order valence-corrected chi connectivity index (χ1v) is 5.36. The molecule has 2 unspecified atom stereocenters. The lowest BCUT2D eigenvalue weighted by Gasteiger charge is -2.31. The van der Waals surface area contributed by atoms with Gasteiger partial charge in [-0.15, -0.1) is 0 Å². The van der Waals surface area contributed by atoms with Crippen LogP contribution < -0.4 is 5.32 Å². The molecule has 1 saturated heterocycles. The van der Waals surface area contributed by atoms with Crippen molar-refractivity contribution in [3.63, 3.8) is 0 Å². The van der Waals surface area contributed by atoms with Crippen LogP contribution in [-0.4, -0.2) is 24.2 Å². The zero-order chi connectivity index (χ0) is 10.8. The number of carbonyl (C=O) groups excluding carboxylic acids is 1. The van der Waals surface area contributed by atoms with Crippen LogP contribution in [0.1, 0.15) is 40.5 Å². The predicted molar refractivity (Wildman–Crippen MR) is 56.0 cm³/mol. The van der Waals surface area contributed by atoms with E-state index in [1.54, 1.807) is 0 Å². The SMILES string of the molecule is CC1NCCCC1C(=O)OC(C)(C)C. The fourth-order valence-corrected chi connectivity index (χ4v) is 1.74. The highest BCUT2D eigenvalue weighted by Gasteiger charge is 2.31. The average molecular weight is 199 g/mol. The third-order valence-electron chi connectivity index (χ3n) is 2.47. The van der Waals surface area contributed by atoms with Crippen molar-refractivity contribution >= 4 is 5.97 Å². The Morgan fingerprint density at radius 2 is 2.07 bits per heavy atom. The molecule has 0 saturated carbocycles. The van der Waals surface area contributed by atoms with Crippen LogP contribution in [-0.2, 0) is 9.53 Å². The molecule has 82 valence electrons. The molecule has 1 heterocycles. The largest absolute Gasteiger partial charge is 0.460 e. The molecule has 0 amide bonds. The standard InChI is InChI=1S/C11H21NO2/c1-8-9(6-5-7-12-8)10(13)14-11(2,3)4/h8-9,12H,5-7H2,1-4H3. The van der Waals surface area contributed by atoms with Crippen LogP contribution in [0.5, 0.6) is 0 Å². The molecule has 14 heavy (non-hydrogen) atoms. The predicted octanol–water partition coefficient (Wildman–Crippen LogP) is 1.72. The lowest BCUT2D eigenvalue weighted by atomic mass is 9.92. The van der Waals surface area contributed by atoms with E-state index in [1.807, 2.05) is 27.7 Å². The molecule has 0 spiro atoms. The van der Waals surface area contributed by atoms with Crippen LogP contribution in [0.4, 0.5) is 0 Å². The average Bonchev–Trinajstić information content (AvgIpc) is 2.01. The molecular formula is C11H21NO2. The second-order valence-electron chi connectivity index (χ2n) is 5.02. The van der Waals surface area contributed by atoms with Crippen molar-refractivity contribution in [2.75, 3.05) is 6.54 Å². The van der Waals surface area contributed by atoms with E-state index in [4.69, 9.17) is 4.74 Å². The monoisotopic (exact) mass is 199 g/mol. The zero-order valence-corrected chi connectivity index (χ0v) is 9.59. The summed E-state index contributed by atoms with van der Waals surface area (Å²) in [6, 6.07) is 0.249. The van der Waals surface area contributed by atoms with Gasteiger partial charge in [0.05, 0.1) is 5.92 Å². The number of rotatable bonds is 1. The van der Waals surface area contributed by atoms with Gasteiger partial charge in [0.2, 0.25) is 0 Å². The smallest absolute Gasteiger partial charge is 0.311 e. The van der Waals surface area contributed by atoms with E-state index in [0.717, 1.165) is 19.4 Å². The Morgan fingerprint density at radius 3 is 2.57 bits per heavy atom. The maximum atomic E-state index is 11.8. The summed E-state index contributed by atoms with van der Waals surface area (Å²) in [5.74, 6) is -0.0276. The van der Waals surface area contributed by atoms with E-state index in [-0.39, 0.29) is 23.5 Å². The molecule has 1 aliphatic rings. The van der Waals surface area contributed by atoms with Gasteiger partial charge in [0, 0.05) is 6.04 Å². The normalized spacial score (nSPS) is 28.6. The van der Waals surface area contributed by atoms with E-state index in [1.165, 1.54) is 0 Å². The fraction of sp³-hybridized carbons (Fsp3) is 0.909. The molecule has 0 aromatic rings. The summed E-state index contributed by atoms with van der Waals surface area (Å²) in [6.45, 7) is 8.79. The van der Waals surface area contributed by atoms with Gasteiger partial charge in [-0.05, 0) is 47.1 Å². The minimum atomic E-state index is -0.367. The first-order chi connectivity index (χ1) is 6.40. The van der Waals surface area contributed by atoms with Crippen LogP contribution in [0.3, 0.4) is 0 Å². The van der Waals surface area contributed by atoms with Gasteiger partial charge in [-0.2, -0.15) is 0 Å². The summed E-state index contributed by atoms with van der Waals surface area (Å²) in [5.41, 5.74) is -0.367. The molecule has 1 rings (SSSR count). The number of piperidine rings is 1. The number of carbonyl (C=O) groups is 1. The Kier molecular flexibility index (Phi) is 3.53. The third kappa shape index (κ3) is 3.29. The molecule has 0 aliphatic carbocycles. The van der Waals surface area contributed by atoms with E-state index in [9.17, 15) is 4.79 Å². The van der Waals surface area contributed by atoms with Crippen molar-refractivity contribution in [1.82, 2.24) is 5.32 Å². The first kappa shape index (κ1) is 11.5. The number of esters is 1. The molecule has 0 aromatic carbocycles. The number of ether oxygens (including phenoxy) is 1. The number of nitrogens with one attached hydrogen (secondary N) is 1. The Labute approximate surface area is 86.2 Å². The van der Waals surface area contributed by atoms with Crippen LogP contribution in [0.2, 0.25) is 0 Å². The van der Waals surface area contributed by atoms with Crippen molar-refractivity contribution < 1.29 is 9.53 Å². The third-order valence-corrected chi connectivity index (χ3v) is 2.47. The number of hydrogen-bond acceptors (Lipinski definition) is 3. The summed E-state index contributed by atoms with van der Waals surface area (Å²) >= 11 is 0. The summed E-state index contributed by atoms with van der Waals surface area (Å²) in [6.07, 6.45) is 2.01. The Morgan fingerprint density at radius 1 is 1.43 bits per heavy atom. The second-order valence-corrected chi connectivity index (χ2v) is 5.02. The number of hydrogen-bond donors (Lipinski definition) is 1. The van der Waals surface area contributed by atoms with Gasteiger partial charge in [-0.25, -0.2) is 0 Å². The van der Waals surface area contributed by atoms with Gasteiger partial charge >= 0.3 is 5.97 Å². The van der Waals surface area contributed by atoms with Crippen LogP contribution in [0.25, 0.3) is 0 Å². The van der Waals surface area contributed by atoms with Crippen LogP contribution in [0.15, 0.2) is 0 Å². The van der Waals surface area contributed by atoms with Gasteiger partial charge < -0.3 is 10.1 Å². The van der Waals surface area contributed by atoms with Crippen molar-refractivity contribution in [1.29, 1.82) is 0 Å². The van der Waals surface area contributed by atoms with Gasteiger partial charge in [0.25, 0.3) is 0 Å². The van der Waals surface area contributed by atoms with Crippen molar-refractivity contribution in [2.24, 2.45) is 5.92 Å². The van der Waals surface area contributed by atoms with Crippen molar-refractivity contribution in [2.45, 2.75) is 52.2 Å². The molecule has 3 heteroatoms. The minimum absolute atomic E-state index is 0.0305. The highest BCUT2D eigenvalue weighted by atomic mass is 16.6. The maximum absolute atomic E-state index is 11.8. The van der Waals surface area contributed by atoms with E-state index in [2.05, 4.69) is 5.32 Å². The van der Waals surface area contributed by atoms with Gasteiger partial charge in [0.1, 0.15) is 5.60 Å². The topological polar surface area (TPSA) is 38.3 Å². The lowest BCUT2D eigenvalue weighted by molar-refractivity contribution is -0.161. The maximum Gasteiger partial charge on any atom is 0.311 e. The highest BCUT2D eigenvalue weighted by molar-refractivity contribution is 5.73. The lowest BCUT2D eigenvalue weighted by Crippen LogP contribution is -2.44. The minimum Gasteiger partial charge on any atom is -0.460 e. The van der Waals surface area contributed by atoms with Gasteiger partial charge in [-0.1, -0.05) is 0 Å². The molecule has 1 N–H and O–H groups in total. The van der Waals surface area contributed by atoms with E-state index in [0.29, 0.717) is 0 Å². The molecule has 1 fully saturated rings. The summed E-state index contributed by atoms with van der Waals surface area (Å²) in [7, 11) is 0. The molecule has 0 radical (unpaired) electrons. The Bertz CT molecular complexity index is 208. The molecule has 3 nitrogen and oxygen atoms in total. The van der Waals surface area contributed by atoms with Gasteiger partial charge in [-0.3, -0.25) is 4.79 Å². The van der Waals surface area contributed by atoms with Gasteiger partial charge in [0.15, 0.2) is 0 Å². The summed E-state index contributed by atoms with van der Waals surface area (Å²) < 4.78 is 5.37. The van der Waals surface area contributed by atoms with E-state index < -0.39 is 0 Å². The van der Waals surface area contributed by atoms with Crippen LogP contribution >= 0.6 is 0 Å². The van der Waals surface area contributed by atoms with Crippen molar-refractivity contribution in [3.8, 4) is 0 Å². The van der Waals surface area contributed by atoms with E-state index >= 15 is 0 Å². The van der Waals surface area contributed by atoms with Crippen molar-refractivity contribution in [3.05, 3.63) is 0 Å². The molecule has 0 aromatic heterocycles. The summed E-state index contributed by atoms with van der Waals surface area (Å²) in [4.78, 5) is 11.8. The quantitative estimate of drug-likeness (QED) is 0.653. The Hall–Kier alpha value is -0.570. The highest BCUT2D eigenvalue weighted by Crippen LogP contribution is 2.20. The molecule has 2 atom stereocenters. The zero-order valence-electron chi connectivity index (χ0n) is 9.59. The first-order valence-electron chi connectivity index (χ1n) is 5.36.